The quantitative estimate of drug-likeness (QED) is 0.887. The normalized spacial score (nSPS) is 10.3. The van der Waals surface area contributed by atoms with Crippen LogP contribution in [0.5, 0.6) is 5.75 Å². The first kappa shape index (κ1) is 14.6. The molecule has 2 aromatic carbocycles. The largest absolute Gasteiger partial charge is 0.488 e. The van der Waals surface area contributed by atoms with Gasteiger partial charge in [0.25, 0.3) is 0 Å². The first-order chi connectivity index (χ1) is 9.60. The molecule has 0 aromatic heterocycles. The minimum atomic E-state index is -0.963. The number of aromatic carboxylic acids is 1. The van der Waals surface area contributed by atoms with Gasteiger partial charge in [0.05, 0.1) is 10.0 Å². The second-order valence-corrected chi connectivity index (χ2v) is 5.26. The van der Waals surface area contributed by atoms with Gasteiger partial charge in [-0.05, 0) is 51.7 Å². The van der Waals surface area contributed by atoms with Crippen LogP contribution in [0, 0.1) is 0 Å². The molecule has 0 aliphatic rings. The highest BCUT2D eigenvalue weighted by molar-refractivity contribution is 9.10. The fourth-order valence-corrected chi connectivity index (χ4v) is 2.14. The van der Waals surface area contributed by atoms with Crippen molar-refractivity contribution in [2.24, 2.45) is 0 Å². The van der Waals surface area contributed by atoms with E-state index in [9.17, 15) is 4.79 Å². The molecule has 0 aliphatic heterocycles. The third-order valence-corrected chi connectivity index (χ3v) is 3.66. The van der Waals surface area contributed by atoms with Crippen molar-refractivity contribution in [1.29, 1.82) is 0 Å². The second-order valence-electron chi connectivity index (χ2n) is 4.41. The van der Waals surface area contributed by atoms with Crippen LogP contribution in [0.15, 0.2) is 46.9 Å². The average Bonchev–Trinajstić information content (AvgIpc) is 2.46. The molecule has 0 aliphatic carbocycles. The molecule has 0 unspecified atom stereocenters. The zero-order valence-electron chi connectivity index (χ0n) is 11.1. The SMILES string of the molecule is CCc1ccc(COc2cc(C(=O)O)ccc2Br)cc1. The average molecular weight is 335 g/mol. The molecular formula is C16H15BrO3. The molecule has 0 spiro atoms. The highest BCUT2D eigenvalue weighted by Crippen LogP contribution is 2.27. The van der Waals surface area contributed by atoms with Gasteiger partial charge in [-0.2, -0.15) is 0 Å². The van der Waals surface area contributed by atoms with Gasteiger partial charge >= 0.3 is 5.97 Å². The van der Waals surface area contributed by atoms with E-state index in [1.165, 1.54) is 17.7 Å². The molecule has 0 fully saturated rings. The number of carboxylic acid groups (broad SMARTS) is 1. The van der Waals surface area contributed by atoms with Gasteiger partial charge in [0.1, 0.15) is 12.4 Å². The van der Waals surface area contributed by atoms with E-state index in [0.29, 0.717) is 12.4 Å². The predicted molar refractivity (Wildman–Crippen MR) is 81.3 cm³/mol. The molecular weight excluding hydrogens is 320 g/mol. The van der Waals surface area contributed by atoms with Crippen LogP contribution in [-0.4, -0.2) is 11.1 Å². The smallest absolute Gasteiger partial charge is 0.335 e. The van der Waals surface area contributed by atoms with Gasteiger partial charge in [-0.25, -0.2) is 4.79 Å². The number of hydrogen-bond donors (Lipinski definition) is 1. The summed E-state index contributed by atoms with van der Waals surface area (Å²) in [7, 11) is 0. The molecule has 1 N–H and O–H groups in total. The van der Waals surface area contributed by atoms with Gasteiger partial charge < -0.3 is 9.84 Å². The molecule has 2 rings (SSSR count). The Hall–Kier alpha value is -1.81. The van der Waals surface area contributed by atoms with Gasteiger partial charge in [0.15, 0.2) is 0 Å². The summed E-state index contributed by atoms with van der Waals surface area (Å²) in [5, 5.41) is 8.97. The first-order valence-electron chi connectivity index (χ1n) is 6.33. The molecule has 0 amide bonds. The molecule has 0 radical (unpaired) electrons. The summed E-state index contributed by atoms with van der Waals surface area (Å²) in [6, 6.07) is 12.9. The van der Waals surface area contributed by atoms with E-state index in [0.717, 1.165) is 16.5 Å². The summed E-state index contributed by atoms with van der Waals surface area (Å²) in [5.74, 6) is -0.431. The Kier molecular flexibility index (Phi) is 4.79. The Balaban J connectivity index is 2.09. The van der Waals surface area contributed by atoms with Crippen LogP contribution in [0.1, 0.15) is 28.4 Å². The number of aryl methyl sites for hydroxylation is 1. The maximum Gasteiger partial charge on any atom is 0.335 e. The van der Waals surface area contributed by atoms with E-state index < -0.39 is 5.97 Å². The molecule has 0 saturated heterocycles. The molecule has 0 bridgehead atoms. The van der Waals surface area contributed by atoms with Crippen molar-refractivity contribution in [3.05, 3.63) is 63.6 Å². The fraction of sp³-hybridized carbons (Fsp3) is 0.188. The summed E-state index contributed by atoms with van der Waals surface area (Å²) in [6.07, 6.45) is 1.01. The molecule has 0 heterocycles. The van der Waals surface area contributed by atoms with Crippen LogP contribution in [0.3, 0.4) is 0 Å². The Bertz CT molecular complexity index is 606. The standard InChI is InChI=1S/C16H15BrO3/c1-2-11-3-5-12(6-4-11)10-20-15-9-13(16(18)19)7-8-14(15)17/h3-9H,2,10H2,1H3,(H,18,19). The minimum Gasteiger partial charge on any atom is -0.488 e. The first-order valence-corrected chi connectivity index (χ1v) is 7.13. The Labute approximate surface area is 126 Å². The van der Waals surface area contributed by atoms with Crippen molar-refractivity contribution >= 4 is 21.9 Å². The lowest BCUT2D eigenvalue weighted by Gasteiger charge is -2.09. The van der Waals surface area contributed by atoms with Crippen molar-refractivity contribution < 1.29 is 14.6 Å². The molecule has 4 heteroatoms. The zero-order valence-corrected chi connectivity index (χ0v) is 12.7. The Morgan fingerprint density at radius 3 is 2.40 bits per heavy atom. The summed E-state index contributed by atoms with van der Waals surface area (Å²) in [6.45, 7) is 2.52. The molecule has 104 valence electrons. The van der Waals surface area contributed by atoms with Crippen LogP contribution < -0.4 is 4.74 Å². The van der Waals surface area contributed by atoms with E-state index in [1.807, 2.05) is 12.1 Å². The lowest BCUT2D eigenvalue weighted by molar-refractivity contribution is 0.0696. The predicted octanol–water partition coefficient (Wildman–Crippen LogP) is 4.29. The second kappa shape index (κ2) is 6.57. The third-order valence-electron chi connectivity index (χ3n) is 3.00. The van der Waals surface area contributed by atoms with Crippen LogP contribution in [0.25, 0.3) is 0 Å². The highest BCUT2D eigenvalue weighted by atomic mass is 79.9. The third kappa shape index (κ3) is 3.61. The molecule has 0 atom stereocenters. The van der Waals surface area contributed by atoms with Gasteiger partial charge in [-0.15, -0.1) is 0 Å². The summed E-state index contributed by atoms with van der Waals surface area (Å²) in [4.78, 5) is 10.9. The van der Waals surface area contributed by atoms with E-state index in [1.54, 1.807) is 6.07 Å². The van der Waals surface area contributed by atoms with E-state index in [4.69, 9.17) is 9.84 Å². The topological polar surface area (TPSA) is 46.5 Å². The number of benzene rings is 2. The van der Waals surface area contributed by atoms with Crippen molar-refractivity contribution in [2.75, 3.05) is 0 Å². The van der Waals surface area contributed by atoms with Crippen molar-refractivity contribution in [3.8, 4) is 5.75 Å². The van der Waals surface area contributed by atoms with Gasteiger partial charge in [-0.3, -0.25) is 0 Å². The number of carbonyl (C=O) groups is 1. The summed E-state index contributed by atoms with van der Waals surface area (Å²) < 4.78 is 6.42. The van der Waals surface area contributed by atoms with Crippen LogP contribution in [0.4, 0.5) is 0 Å². The van der Waals surface area contributed by atoms with E-state index in [2.05, 4.69) is 35.0 Å². The Morgan fingerprint density at radius 1 is 1.15 bits per heavy atom. The maximum absolute atomic E-state index is 10.9. The van der Waals surface area contributed by atoms with E-state index in [-0.39, 0.29) is 5.56 Å². The molecule has 20 heavy (non-hydrogen) atoms. The lowest BCUT2D eigenvalue weighted by Crippen LogP contribution is -2.00. The van der Waals surface area contributed by atoms with Gasteiger partial charge in [-0.1, -0.05) is 31.2 Å². The minimum absolute atomic E-state index is 0.213. The summed E-state index contributed by atoms with van der Waals surface area (Å²) in [5.41, 5.74) is 2.54. The van der Waals surface area contributed by atoms with Crippen molar-refractivity contribution in [3.63, 3.8) is 0 Å². The Morgan fingerprint density at radius 2 is 1.80 bits per heavy atom. The van der Waals surface area contributed by atoms with Crippen LogP contribution in [0.2, 0.25) is 0 Å². The van der Waals surface area contributed by atoms with Gasteiger partial charge in [0, 0.05) is 0 Å². The van der Waals surface area contributed by atoms with Crippen molar-refractivity contribution in [2.45, 2.75) is 20.0 Å². The van der Waals surface area contributed by atoms with Crippen molar-refractivity contribution in [1.82, 2.24) is 0 Å². The molecule has 2 aromatic rings. The molecule has 3 nitrogen and oxygen atoms in total. The zero-order chi connectivity index (χ0) is 14.5. The lowest BCUT2D eigenvalue weighted by atomic mass is 10.1. The highest BCUT2D eigenvalue weighted by Gasteiger charge is 2.08. The number of halogens is 1. The van der Waals surface area contributed by atoms with Crippen LogP contribution >= 0.6 is 15.9 Å². The summed E-state index contributed by atoms with van der Waals surface area (Å²) >= 11 is 3.36. The number of carboxylic acids is 1. The van der Waals surface area contributed by atoms with E-state index >= 15 is 0 Å². The fourth-order valence-electron chi connectivity index (χ4n) is 1.78. The van der Waals surface area contributed by atoms with Crippen LogP contribution in [-0.2, 0) is 13.0 Å². The number of hydrogen-bond acceptors (Lipinski definition) is 2. The maximum atomic E-state index is 10.9. The number of ether oxygens (including phenoxy) is 1. The molecule has 0 saturated carbocycles. The monoisotopic (exact) mass is 334 g/mol. The number of rotatable bonds is 5. The van der Waals surface area contributed by atoms with Gasteiger partial charge in [0.2, 0.25) is 0 Å².